The van der Waals surface area contributed by atoms with Crippen LogP contribution in [0.3, 0.4) is 0 Å². The summed E-state index contributed by atoms with van der Waals surface area (Å²) in [6.07, 6.45) is 6.11. The fourth-order valence-electron chi connectivity index (χ4n) is 3.28. The molecule has 1 aliphatic rings. The number of piperidine rings is 1. The van der Waals surface area contributed by atoms with Crippen LogP contribution < -0.4 is 4.74 Å². The molecule has 6 nitrogen and oxygen atoms in total. The molecule has 0 radical (unpaired) electrons. The number of amides is 1. The number of likely N-dealkylation sites (tertiary alicyclic amines) is 1. The highest BCUT2D eigenvalue weighted by atomic mass is 32.2. The van der Waals surface area contributed by atoms with Gasteiger partial charge in [-0.3, -0.25) is 9.36 Å². The molecule has 25 heavy (non-hydrogen) atoms. The molecule has 1 amide bonds. The minimum atomic E-state index is 0.186. The van der Waals surface area contributed by atoms with Crippen LogP contribution in [0.2, 0.25) is 0 Å². The molecule has 1 aliphatic heterocycles. The Morgan fingerprint density at radius 2 is 2.20 bits per heavy atom. The van der Waals surface area contributed by atoms with Crippen molar-refractivity contribution >= 4 is 17.7 Å². The van der Waals surface area contributed by atoms with Crippen LogP contribution in [0.15, 0.2) is 35.7 Å². The number of rotatable bonds is 6. The third-order valence-electron chi connectivity index (χ3n) is 4.60. The molecule has 134 valence electrons. The molecule has 0 bridgehead atoms. The van der Waals surface area contributed by atoms with Crippen molar-refractivity contribution in [2.75, 3.05) is 19.4 Å². The quantitative estimate of drug-likeness (QED) is 0.741. The van der Waals surface area contributed by atoms with Gasteiger partial charge >= 0.3 is 0 Å². The number of aromatic nitrogens is 3. The van der Waals surface area contributed by atoms with E-state index in [1.807, 2.05) is 33.7 Å². The molecule has 2 aromatic rings. The second-order valence-electron chi connectivity index (χ2n) is 6.09. The molecule has 0 aliphatic carbocycles. The standard InChI is InChI=1S/C18H24N4O2S/c1-3-14-8-6-7-11-21(14)17(23)12-25-18-20-19-13-22(18)15-9-4-5-10-16(15)24-2/h4-5,9-10,13-14H,3,6-8,11-12H2,1-2H3. The highest BCUT2D eigenvalue weighted by Gasteiger charge is 2.25. The lowest BCUT2D eigenvalue weighted by Gasteiger charge is -2.35. The first kappa shape index (κ1) is 17.8. The highest BCUT2D eigenvalue weighted by molar-refractivity contribution is 7.99. The van der Waals surface area contributed by atoms with Gasteiger partial charge in [0.25, 0.3) is 0 Å². The number of para-hydroxylation sites is 2. The molecule has 1 aromatic heterocycles. The zero-order valence-electron chi connectivity index (χ0n) is 14.7. The van der Waals surface area contributed by atoms with Crippen molar-refractivity contribution in [3.05, 3.63) is 30.6 Å². The van der Waals surface area contributed by atoms with Crippen molar-refractivity contribution in [1.82, 2.24) is 19.7 Å². The first-order valence-corrected chi connectivity index (χ1v) is 9.68. The Bertz CT molecular complexity index is 719. The number of carbonyl (C=O) groups excluding carboxylic acids is 1. The van der Waals surface area contributed by atoms with E-state index in [0.29, 0.717) is 17.0 Å². The Kier molecular flexibility index (Phi) is 5.96. The number of nitrogens with zero attached hydrogens (tertiary/aromatic N) is 4. The van der Waals surface area contributed by atoms with Crippen molar-refractivity contribution in [3.63, 3.8) is 0 Å². The van der Waals surface area contributed by atoms with E-state index in [9.17, 15) is 4.79 Å². The zero-order valence-corrected chi connectivity index (χ0v) is 15.5. The van der Waals surface area contributed by atoms with Crippen LogP contribution in [-0.2, 0) is 4.79 Å². The van der Waals surface area contributed by atoms with Gasteiger partial charge in [-0.1, -0.05) is 30.8 Å². The third kappa shape index (κ3) is 3.98. The van der Waals surface area contributed by atoms with Gasteiger partial charge in [-0.2, -0.15) is 0 Å². The maximum absolute atomic E-state index is 12.7. The molecule has 1 aromatic carbocycles. The Morgan fingerprint density at radius 3 is 3.00 bits per heavy atom. The third-order valence-corrected chi connectivity index (χ3v) is 5.53. The Morgan fingerprint density at radius 1 is 1.36 bits per heavy atom. The van der Waals surface area contributed by atoms with E-state index in [1.54, 1.807) is 13.4 Å². The van der Waals surface area contributed by atoms with Crippen molar-refractivity contribution < 1.29 is 9.53 Å². The molecule has 0 spiro atoms. The van der Waals surface area contributed by atoms with Gasteiger partial charge in [0, 0.05) is 12.6 Å². The molecule has 1 unspecified atom stereocenters. The Labute approximate surface area is 152 Å². The van der Waals surface area contributed by atoms with E-state index in [1.165, 1.54) is 18.2 Å². The molecule has 0 N–H and O–H groups in total. The van der Waals surface area contributed by atoms with Gasteiger partial charge < -0.3 is 9.64 Å². The molecule has 1 saturated heterocycles. The van der Waals surface area contributed by atoms with Crippen molar-refractivity contribution in [1.29, 1.82) is 0 Å². The summed E-state index contributed by atoms with van der Waals surface area (Å²) in [5.74, 6) is 1.31. The van der Waals surface area contributed by atoms with Gasteiger partial charge in [0.15, 0.2) is 5.16 Å². The highest BCUT2D eigenvalue weighted by Crippen LogP contribution is 2.27. The van der Waals surface area contributed by atoms with E-state index in [0.717, 1.165) is 37.2 Å². The minimum Gasteiger partial charge on any atom is -0.495 e. The number of hydrogen-bond donors (Lipinski definition) is 0. The lowest BCUT2D eigenvalue weighted by molar-refractivity contribution is -0.132. The van der Waals surface area contributed by atoms with Gasteiger partial charge in [-0.15, -0.1) is 10.2 Å². The van der Waals surface area contributed by atoms with Gasteiger partial charge in [0.05, 0.1) is 18.6 Å². The molecule has 0 saturated carbocycles. The normalized spacial score (nSPS) is 17.5. The largest absolute Gasteiger partial charge is 0.495 e. The summed E-state index contributed by atoms with van der Waals surface area (Å²) in [5, 5.41) is 8.88. The lowest BCUT2D eigenvalue weighted by Crippen LogP contribution is -2.44. The predicted molar refractivity (Wildman–Crippen MR) is 98.3 cm³/mol. The van der Waals surface area contributed by atoms with Gasteiger partial charge in [0.2, 0.25) is 5.91 Å². The molecule has 1 atom stereocenters. The fourth-order valence-corrected chi connectivity index (χ4v) is 4.09. The van der Waals surface area contributed by atoms with Crippen LogP contribution in [0, 0.1) is 0 Å². The number of carbonyl (C=O) groups is 1. The maximum atomic E-state index is 12.7. The second-order valence-corrected chi connectivity index (χ2v) is 7.03. The Hall–Kier alpha value is -2.02. The van der Waals surface area contributed by atoms with Crippen LogP contribution in [-0.4, -0.2) is 51.0 Å². The minimum absolute atomic E-state index is 0.186. The smallest absolute Gasteiger partial charge is 0.233 e. The Balaban J connectivity index is 1.70. The summed E-state index contributed by atoms with van der Waals surface area (Å²) < 4.78 is 7.28. The summed E-state index contributed by atoms with van der Waals surface area (Å²) in [6.45, 7) is 3.03. The van der Waals surface area contributed by atoms with E-state index in [-0.39, 0.29) is 5.91 Å². The average Bonchev–Trinajstić information content (AvgIpc) is 3.14. The number of methoxy groups -OCH3 is 1. The van der Waals surface area contributed by atoms with Crippen LogP contribution in [0.25, 0.3) is 5.69 Å². The van der Waals surface area contributed by atoms with Gasteiger partial charge in [-0.25, -0.2) is 0 Å². The van der Waals surface area contributed by atoms with E-state index in [4.69, 9.17) is 4.74 Å². The maximum Gasteiger partial charge on any atom is 0.233 e. The molecule has 7 heteroatoms. The molecule has 1 fully saturated rings. The predicted octanol–water partition coefficient (Wildman–Crippen LogP) is 3.16. The van der Waals surface area contributed by atoms with E-state index >= 15 is 0 Å². The summed E-state index contributed by atoms with van der Waals surface area (Å²) in [6, 6.07) is 8.09. The summed E-state index contributed by atoms with van der Waals surface area (Å²) in [4.78, 5) is 14.7. The number of thioether (sulfide) groups is 1. The monoisotopic (exact) mass is 360 g/mol. The summed E-state index contributed by atoms with van der Waals surface area (Å²) in [5.41, 5.74) is 0.870. The van der Waals surface area contributed by atoms with E-state index < -0.39 is 0 Å². The fraction of sp³-hybridized carbons (Fsp3) is 0.500. The van der Waals surface area contributed by atoms with Crippen molar-refractivity contribution in [3.8, 4) is 11.4 Å². The van der Waals surface area contributed by atoms with Gasteiger partial charge in [-0.05, 0) is 37.8 Å². The molecular formula is C18H24N4O2S. The van der Waals surface area contributed by atoms with E-state index in [2.05, 4.69) is 17.1 Å². The number of hydrogen-bond acceptors (Lipinski definition) is 5. The lowest BCUT2D eigenvalue weighted by atomic mass is 10.0. The van der Waals surface area contributed by atoms with Crippen molar-refractivity contribution in [2.24, 2.45) is 0 Å². The summed E-state index contributed by atoms with van der Waals surface area (Å²) >= 11 is 1.42. The second kappa shape index (κ2) is 8.38. The SMILES string of the molecule is CCC1CCCCN1C(=O)CSc1nncn1-c1ccccc1OC. The molecule has 2 heterocycles. The molecular weight excluding hydrogens is 336 g/mol. The first-order valence-electron chi connectivity index (χ1n) is 8.70. The molecule has 3 rings (SSSR count). The van der Waals surface area contributed by atoms with Crippen molar-refractivity contribution in [2.45, 2.75) is 43.8 Å². The number of ether oxygens (including phenoxy) is 1. The van der Waals surface area contributed by atoms with Crippen LogP contribution in [0.5, 0.6) is 5.75 Å². The average molecular weight is 360 g/mol. The van der Waals surface area contributed by atoms with Crippen LogP contribution in [0.4, 0.5) is 0 Å². The van der Waals surface area contributed by atoms with Crippen LogP contribution in [0.1, 0.15) is 32.6 Å². The summed E-state index contributed by atoms with van der Waals surface area (Å²) in [7, 11) is 1.64. The topological polar surface area (TPSA) is 60.2 Å². The number of benzene rings is 1. The van der Waals surface area contributed by atoms with Gasteiger partial charge in [0.1, 0.15) is 12.1 Å². The first-order chi connectivity index (χ1) is 12.2. The van der Waals surface area contributed by atoms with Crippen LogP contribution >= 0.6 is 11.8 Å². The zero-order chi connectivity index (χ0) is 17.6.